The van der Waals surface area contributed by atoms with E-state index in [2.05, 4.69) is 25.9 Å². The van der Waals surface area contributed by atoms with Crippen LogP contribution in [0, 0.1) is 5.92 Å². The molecule has 0 aliphatic heterocycles. The van der Waals surface area contributed by atoms with Gasteiger partial charge in [0.05, 0.1) is 6.04 Å². The molecule has 4 atom stereocenters. The Hall–Kier alpha value is -4.91. The maximum absolute atomic E-state index is 13.6. The highest BCUT2D eigenvalue weighted by Gasteiger charge is 2.32. The number of H-pyrrole nitrogens is 1. The van der Waals surface area contributed by atoms with Crippen molar-refractivity contribution < 1.29 is 24.3 Å². The lowest BCUT2D eigenvalue weighted by atomic mass is 9.99. The molecular weight excluding hydrogens is 564 g/mol. The molecule has 3 rings (SSSR count). The minimum Gasteiger partial charge on any atom is -0.480 e. The molecule has 0 saturated carbocycles. The molecule has 3 aromatic rings. The van der Waals surface area contributed by atoms with E-state index in [1.54, 1.807) is 44.3 Å². The van der Waals surface area contributed by atoms with E-state index in [0.29, 0.717) is 19.4 Å². The molecule has 236 valence electrons. The second-order valence-corrected chi connectivity index (χ2v) is 11.0. The molecule has 1 heterocycles. The van der Waals surface area contributed by atoms with Crippen molar-refractivity contribution in [2.75, 3.05) is 6.54 Å². The summed E-state index contributed by atoms with van der Waals surface area (Å²) in [6, 6.07) is 12.1. The van der Waals surface area contributed by atoms with Gasteiger partial charge >= 0.3 is 5.97 Å². The third-order valence-corrected chi connectivity index (χ3v) is 7.18. The van der Waals surface area contributed by atoms with Crippen molar-refractivity contribution in [2.45, 2.75) is 63.7 Å². The zero-order valence-corrected chi connectivity index (χ0v) is 25.0. The summed E-state index contributed by atoms with van der Waals surface area (Å²) in [5.74, 6) is -3.42. The molecule has 13 nitrogen and oxygen atoms in total. The van der Waals surface area contributed by atoms with Gasteiger partial charge < -0.3 is 43.2 Å². The van der Waals surface area contributed by atoms with E-state index in [1.165, 1.54) is 0 Å². The zero-order valence-electron chi connectivity index (χ0n) is 25.0. The summed E-state index contributed by atoms with van der Waals surface area (Å²) in [6.45, 7) is 3.82. The molecule has 0 aliphatic carbocycles. The number of aromatic nitrogens is 1. The second kappa shape index (κ2) is 16.1. The van der Waals surface area contributed by atoms with Crippen LogP contribution in [-0.2, 0) is 32.0 Å². The SMILES string of the molecule is CC(C)C(NC(=O)C(N)CCCN=C(N)N)C(=O)NC(Cc1c[nH]c2ccccc12)C(=O)NC(Cc1ccccc1)C(=O)O. The van der Waals surface area contributed by atoms with E-state index < -0.39 is 47.9 Å². The van der Waals surface area contributed by atoms with E-state index in [4.69, 9.17) is 17.2 Å². The number of carbonyl (C=O) groups excluding carboxylic acids is 3. The van der Waals surface area contributed by atoms with Crippen LogP contribution in [0.1, 0.15) is 37.8 Å². The molecule has 3 amide bonds. The van der Waals surface area contributed by atoms with Crippen LogP contribution in [0.5, 0.6) is 0 Å². The van der Waals surface area contributed by atoms with Crippen LogP contribution in [0.3, 0.4) is 0 Å². The molecule has 13 heteroatoms. The molecular formula is C31H42N8O5. The van der Waals surface area contributed by atoms with Crippen LogP contribution >= 0.6 is 0 Å². The van der Waals surface area contributed by atoms with Gasteiger partial charge in [0.25, 0.3) is 0 Å². The Morgan fingerprint density at radius 1 is 0.864 bits per heavy atom. The number of fused-ring (bicyclic) bond motifs is 1. The minimum absolute atomic E-state index is 0.0551. The molecule has 0 aliphatic rings. The number of aromatic amines is 1. The number of hydrogen-bond acceptors (Lipinski definition) is 6. The number of nitrogens with one attached hydrogen (secondary N) is 4. The molecule has 4 unspecified atom stereocenters. The highest BCUT2D eigenvalue weighted by Crippen LogP contribution is 2.19. The highest BCUT2D eigenvalue weighted by molar-refractivity contribution is 5.95. The lowest BCUT2D eigenvalue weighted by molar-refractivity contribution is -0.142. The maximum Gasteiger partial charge on any atom is 0.326 e. The number of rotatable bonds is 16. The second-order valence-electron chi connectivity index (χ2n) is 11.0. The van der Waals surface area contributed by atoms with E-state index >= 15 is 0 Å². The predicted molar refractivity (Wildman–Crippen MR) is 168 cm³/mol. The topological polar surface area (TPSA) is 231 Å². The summed E-state index contributed by atoms with van der Waals surface area (Å²) in [6.07, 6.45) is 2.63. The zero-order chi connectivity index (χ0) is 32.2. The van der Waals surface area contributed by atoms with Crippen LogP contribution in [0.4, 0.5) is 0 Å². The van der Waals surface area contributed by atoms with Gasteiger partial charge in [0.1, 0.15) is 18.1 Å². The Labute approximate surface area is 256 Å². The van der Waals surface area contributed by atoms with Crippen LogP contribution in [0.2, 0.25) is 0 Å². The van der Waals surface area contributed by atoms with Crippen LogP contribution < -0.4 is 33.2 Å². The smallest absolute Gasteiger partial charge is 0.326 e. The number of aliphatic carboxylic acids is 1. The van der Waals surface area contributed by atoms with E-state index in [-0.39, 0.29) is 24.7 Å². The van der Waals surface area contributed by atoms with Gasteiger partial charge in [0.2, 0.25) is 17.7 Å². The van der Waals surface area contributed by atoms with Gasteiger partial charge in [-0.2, -0.15) is 0 Å². The number of nitrogens with two attached hydrogens (primary N) is 3. The average molecular weight is 607 g/mol. The highest BCUT2D eigenvalue weighted by atomic mass is 16.4. The standard InChI is InChI=1S/C31H42N8O5/c1-18(2)26(39-27(40)22(32)12-8-14-35-31(33)34)29(42)37-24(16-20-17-36-23-13-7-6-11-21(20)23)28(41)38-25(30(43)44)15-19-9-4-3-5-10-19/h3-7,9-11,13,17-18,22,24-26,36H,8,12,14-16,32H2,1-2H3,(H,37,42)(H,38,41)(H,39,40)(H,43,44)(H4,33,34,35). The van der Waals surface area contributed by atoms with Crippen molar-refractivity contribution in [3.63, 3.8) is 0 Å². The van der Waals surface area contributed by atoms with Crippen LogP contribution in [0.15, 0.2) is 65.8 Å². The first-order valence-corrected chi connectivity index (χ1v) is 14.5. The first-order valence-electron chi connectivity index (χ1n) is 14.5. The third kappa shape index (κ3) is 9.83. The Balaban J connectivity index is 1.79. The minimum atomic E-state index is -1.23. The fraction of sp³-hybridized carbons (Fsp3) is 0.387. The van der Waals surface area contributed by atoms with Crippen LogP contribution in [0.25, 0.3) is 10.9 Å². The Kier molecular flexibility index (Phi) is 12.3. The summed E-state index contributed by atoms with van der Waals surface area (Å²) in [7, 11) is 0. The molecule has 11 N–H and O–H groups in total. The van der Waals surface area contributed by atoms with Crippen molar-refractivity contribution in [1.29, 1.82) is 0 Å². The lowest BCUT2D eigenvalue weighted by Gasteiger charge is -2.27. The van der Waals surface area contributed by atoms with Gasteiger partial charge in [-0.3, -0.25) is 19.4 Å². The number of carbonyl (C=O) groups is 4. The van der Waals surface area contributed by atoms with Crippen molar-refractivity contribution in [1.82, 2.24) is 20.9 Å². The molecule has 1 aromatic heterocycles. The Morgan fingerprint density at radius 2 is 1.52 bits per heavy atom. The first kappa shape index (κ1) is 33.6. The van der Waals surface area contributed by atoms with Gasteiger partial charge in [0.15, 0.2) is 5.96 Å². The van der Waals surface area contributed by atoms with Crippen molar-refractivity contribution in [3.05, 3.63) is 71.9 Å². The number of carboxylic acids is 1. The number of carboxylic acid groups (broad SMARTS) is 1. The molecule has 0 bridgehead atoms. The molecule has 0 radical (unpaired) electrons. The van der Waals surface area contributed by atoms with Crippen molar-refractivity contribution in [3.8, 4) is 0 Å². The summed E-state index contributed by atoms with van der Waals surface area (Å²) in [4.78, 5) is 59.2. The van der Waals surface area contributed by atoms with Gasteiger partial charge in [-0.15, -0.1) is 0 Å². The molecule has 0 fully saturated rings. The average Bonchev–Trinajstić information content (AvgIpc) is 3.39. The summed E-state index contributed by atoms with van der Waals surface area (Å²) >= 11 is 0. The first-order chi connectivity index (χ1) is 21.0. The summed E-state index contributed by atoms with van der Waals surface area (Å²) in [5.41, 5.74) is 19.0. The molecule has 0 saturated heterocycles. The van der Waals surface area contributed by atoms with Gasteiger partial charge in [-0.05, 0) is 36.0 Å². The lowest BCUT2D eigenvalue weighted by Crippen LogP contribution is -2.59. The number of aliphatic imine (C=N–C) groups is 1. The quantitative estimate of drug-likeness (QED) is 0.0649. The predicted octanol–water partition coefficient (Wildman–Crippen LogP) is 0.529. The van der Waals surface area contributed by atoms with Crippen molar-refractivity contribution in [2.24, 2.45) is 28.1 Å². The monoisotopic (exact) mass is 606 g/mol. The Morgan fingerprint density at radius 3 is 2.18 bits per heavy atom. The fourth-order valence-corrected chi connectivity index (χ4v) is 4.76. The normalized spacial score (nSPS) is 13.8. The van der Waals surface area contributed by atoms with Crippen molar-refractivity contribution >= 4 is 40.6 Å². The van der Waals surface area contributed by atoms with E-state index in [9.17, 15) is 24.3 Å². The molecule has 2 aromatic carbocycles. The number of guanidine groups is 1. The number of hydrogen-bond donors (Lipinski definition) is 8. The van der Waals surface area contributed by atoms with Gasteiger partial charge in [0, 0.05) is 36.5 Å². The van der Waals surface area contributed by atoms with E-state index in [0.717, 1.165) is 22.0 Å². The summed E-state index contributed by atoms with van der Waals surface area (Å²) < 4.78 is 0. The number of amides is 3. The molecule has 44 heavy (non-hydrogen) atoms. The molecule has 0 spiro atoms. The number of benzene rings is 2. The Bertz CT molecular complexity index is 1450. The number of nitrogens with zero attached hydrogens (tertiary/aromatic N) is 1. The third-order valence-electron chi connectivity index (χ3n) is 7.18. The number of para-hydroxylation sites is 1. The van der Waals surface area contributed by atoms with E-state index in [1.807, 2.05) is 30.3 Å². The largest absolute Gasteiger partial charge is 0.480 e. The fourth-order valence-electron chi connectivity index (χ4n) is 4.76. The van der Waals surface area contributed by atoms with Gasteiger partial charge in [-0.1, -0.05) is 62.4 Å². The maximum atomic E-state index is 13.6. The van der Waals surface area contributed by atoms with Gasteiger partial charge in [-0.25, -0.2) is 4.79 Å². The van der Waals surface area contributed by atoms with Crippen LogP contribution in [-0.4, -0.2) is 70.5 Å². The summed E-state index contributed by atoms with van der Waals surface area (Å²) in [5, 5.41) is 18.8.